The van der Waals surface area contributed by atoms with E-state index in [1.165, 1.54) is 30.3 Å². The van der Waals surface area contributed by atoms with Gasteiger partial charge in [0.1, 0.15) is 5.82 Å². The van der Waals surface area contributed by atoms with Gasteiger partial charge in [-0.3, -0.25) is 4.79 Å². The third-order valence-corrected chi connectivity index (χ3v) is 5.02. The van der Waals surface area contributed by atoms with Crippen LogP contribution in [0.1, 0.15) is 21.5 Å². The third-order valence-electron chi connectivity index (χ3n) is 5.02. The number of carbonyl (C=O) groups is 1. The number of benzene rings is 3. The molecular formula is C22H15F2N3O3. The van der Waals surface area contributed by atoms with Crippen LogP contribution in [0.15, 0.2) is 60.7 Å². The molecule has 0 aliphatic carbocycles. The van der Waals surface area contributed by atoms with Gasteiger partial charge < -0.3 is 20.2 Å². The monoisotopic (exact) mass is 407 g/mol. The maximum Gasteiger partial charge on any atom is 0.298 e. The van der Waals surface area contributed by atoms with Crippen LogP contribution in [0.3, 0.4) is 0 Å². The van der Waals surface area contributed by atoms with Gasteiger partial charge in [0, 0.05) is 22.3 Å². The zero-order valence-corrected chi connectivity index (χ0v) is 15.5. The summed E-state index contributed by atoms with van der Waals surface area (Å²) in [5.74, 6) is -2.49. The van der Waals surface area contributed by atoms with Crippen molar-refractivity contribution in [3.63, 3.8) is 0 Å². The molecule has 3 N–H and O–H groups in total. The zero-order chi connectivity index (χ0) is 20.9. The minimum Gasteiger partial charge on any atom is -0.454 e. The number of rotatable bonds is 4. The number of hydrogen-bond acceptors (Lipinski definition) is 4. The van der Waals surface area contributed by atoms with E-state index in [4.69, 9.17) is 15.2 Å². The molecule has 5 rings (SSSR count). The molecule has 2 heterocycles. The van der Waals surface area contributed by atoms with Crippen molar-refractivity contribution >= 4 is 16.9 Å². The van der Waals surface area contributed by atoms with E-state index in [9.17, 15) is 4.79 Å². The Balaban J connectivity index is 1.46. The third kappa shape index (κ3) is 2.93. The number of nitrogens with one attached hydrogen (secondary N) is 1. The van der Waals surface area contributed by atoms with E-state index in [2.05, 4.69) is 9.97 Å². The van der Waals surface area contributed by atoms with Crippen LogP contribution in [-0.2, 0) is 5.92 Å². The first-order valence-corrected chi connectivity index (χ1v) is 9.10. The van der Waals surface area contributed by atoms with E-state index >= 15 is 8.78 Å². The number of fused-ring (bicyclic) bond motifs is 2. The van der Waals surface area contributed by atoms with Crippen LogP contribution in [0.5, 0.6) is 11.5 Å². The molecular weight excluding hydrogens is 392 g/mol. The SMILES string of the molecule is NC(=O)c1ccc2[nH]c(-c3ccc(C(F)(F)c4ccc5c(c4)OCO5)cc3)nc2c1. The highest BCUT2D eigenvalue weighted by Gasteiger charge is 2.35. The summed E-state index contributed by atoms with van der Waals surface area (Å²) in [5.41, 5.74) is 7.22. The molecule has 1 aromatic heterocycles. The molecule has 6 nitrogen and oxygen atoms in total. The summed E-state index contributed by atoms with van der Waals surface area (Å²) < 4.78 is 40.4. The van der Waals surface area contributed by atoms with Crippen LogP contribution >= 0.6 is 0 Å². The first kappa shape index (κ1) is 18.1. The molecule has 30 heavy (non-hydrogen) atoms. The summed E-state index contributed by atoms with van der Waals surface area (Å²) in [4.78, 5) is 18.9. The molecule has 3 aromatic carbocycles. The summed E-state index contributed by atoms with van der Waals surface area (Å²) in [6.45, 7) is 0.0253. The van der Waals surface area contributed by atoms with Crippen LogP contribution in [0.25, 0.3) is 22.4 Å². The van der Waals surface area contributed by atoms with Crippen molar-refractivity contribution in [1.29, 1.82) is 0 Å². The maximum atomic E-state index is 15.0. The van der Waals surface area contributed by atoms with Gasteiger partial charge in [0.15, 0.2) is 11.5 Å². The van der Waals surface area contributed by atoms with Crippen molar-refractivity contribution in [3.8, 4) is 22.9 Å². The van der Waals surface area contributed by atoms with Crippen molar-refractivity contribution in [3.05, 3.63) is 77.4 Å². The molecule has 1 aliphatic heterocycles. The highest BCUT2D eigenvalue weighted by molar-refractivity contribution is 5.96. The molecule has 0 atom stereocenters. The zero-order valence-electron chi connectivity index (χ0n) is 15.5. The lowest BCUT2D eigenvalue weighted by atomic mass is 9.98. The Morgan fingerprint density at radius 1 is 0.967 bits per heavy atom. The Morgan fingerprint density at radius 3 is 2.47 bits per heavy atom. The lowest BCUT2D eigenvalue weighted by molar-refractivity contribution is 0.0426. The number of aromatic nitrogens is 2. The van der Waals surface area contributed by atoms with Crippen molar-refractivity contribution in [2.45, 2.75) is 5.92 Å². The number of ether oxygens (including phenoxy) is 2. The van der Waals surface area contributed by atoms with Gasteiger partial charge >= 0.3 is 0 Å². The average molecular weight is 407 g/mol. The van der Waals surface area contributed by atoms with Gasteiger partial charge in [-0.2, -0.15) is 8.78 Å². The molecule has 0 spiro atoms. The van der Waals surface area contributed by atoms with Crippen molar-refractivity contribution < 1.29 is 23.0 Å². The summed E-state index contributed by atoms with van der Waals surface area (Å²) in [6.07, 6.45) is 0. The lowest BCUT2D eigenvalue weighted by Crippen LogP contribution is -2.15. The molecule has 0 unspecified atom stereocenters. The number of carbonyl (C=O) groups excluding carboxylic acids is 1. The van der Waals surface area contributed by atoms with E-state index in [1.807, 2.05) is 0 Å². The molecule has 4 aromatic rings. The van der Waals surface area contributed by atoms with E-state index in [0.29, 0.717) is 39.5 Å². The first-order chi connectivity index (χ1) is 14.4. The molecule has 0 radical (unpaired) electrons. The number of amides is 1. The molecule has 150 valence electrons. The first-order valence-electron chi connectivity index (χ1n) is 9.10. The van der Waals surface area contributed by atoms with E-state index < -0.39 is 11.8 Å². The highest BCUT2D eigenvalue weighted by Crippen LogP contribution is 2.41. The Labute approximate surface area is 169 Å². The molecule has 1 aliphatic rings. The van der Waals surface area contributed by atoms with Crippen LogP contribution < -0.4 is 15.2 Å². The van der Waals surface area contributed by atoms with Crippen LogP contribution in [-0.4, -0.2) is 22.7 Å². The van der Waals surface area contributed by atoms with E-state index in [1.54, 1.807) is 30.3 Å². The predicted octanol–water partition coefficient (Wildman–Crippen LogP) is 4.20. The molecule has 0 fully saturated rings. The quantitative estimate of drug-likeness (QED) is 0.531. The van der Waals surface area contributed by atoms with E-state index in [-0.39, 0.29) is 17.9 Å². The van der Waals surface area contributed by atoms with Crippen molar-refractivity contribution in [2.24, 2.45) is 5.73 Å². The number of imidazole rings is 1. The minimum atomic E-state index is -3.20. The lowest BCUT2D eigenvalue weighted by Gasteiger charge is -2.18. The molecule has 1 amide bonds. The van der Waals surface area contributed by atoms with Gasteiger partial charge in [-0.15, -0.1) is 0 Å². The van der Waals surface area contributed by atoms with Crippen molar-refractivity contribution in [2.75, 3.05) is 6.79 Å². The van der Waals surface area contributed by atoms with E-state index in [0.717, 1.165) is 0 Å². The van der Waals surface area contributed by atoms with Gasteiger partial charge in [0.05, 0.1) is 11.0 Å². The Hall–Kier alpha value is -3.94. The van der Waals surface area contributed by atoms with Gasteiger partial charge in [-0.1, -0.05) is 24.3 Å². The summed E-state index contributed by atoms with van der Waals surface area (Å²) in [5, 5.41) is 0. The molecule has 0 bridgehead atoms. The fourth-order valence-corrected chi connectivity index (χ4v) is 3.39. The Bertz CT molecular complexity index is 1280. The Morgan fingerprint density at radius 2 is 1.70 bits per heavy atom. The molecule has 0 saturated carbocycles. The molecule has 0 saturated heterocycles. The predicted molar refractivity (Wildman–Crippen MR) is 106 cm³/mol. The van der Waals surface area contributed by atoms with Gasteiger partial charge in [0.25, 0.3) is 5.92 Å². The fourth-order valence-electron chi connectivity index (χ4n) is 3.39. The minimum absolute atomic E-state index is 0.0253. The summed E-state index contributed by atoms with van der Waals surface area (Å²) in [6, 6.07) is 14.9. The number of hydrogen-bond donors (Lipinski definition) is 2. The number of primary amides is 1. The standard InChI is InChI=1S/C22H15F2N3O3/c23-22(24,15-6-8-18-19(10-15)30-11-29-18)14-4-1-12(2-5-14)21-26-16-7-3-13(20(25)28)9-17(16)27-21/h1-10H,11H2,(H2,25,28)(H,26,27). The number of aromatic amines is 1. The van der Waals surface area contributed by atoms with Crippen LogP contribution in [0, 0.1) is 0 Å². The summed E-state index contributed by atoms with van der Waals surface area (Å²) in [7, 11) is 0. The number of nitrogens with zero attached hydrogens (tertiary/aromatic N) is 1. The van der Waals surface area contributed by atoms with Crippen molar-refractivity contribution in [1.82, 2.24) is 9.97 Å². The van der Waals surface area contributed by atoms with Crippen LogP contribution in [0.4, 0.5) is 8.78 Å². The normalized spacial score (nSPS) is 13.0. The highest BCUT2D eigenvalue weighted by atomic mass is 19.3. The summed E-state index contributed by atoms with van der Waals surface area (Å²) >= 11 is 0. The second kappa shape index (κ2) is 6.55. The van der Waals surface area contributed by atoms with Crippen LogP contribution in [0.2, 0.25) is 0 Å². The second-order valence-corrected chi connectivity index (χ2v) is 6.90. The average Bonchev–Trinajstić information content (AvgIpc) is 3.39. The fraction of sp³-hybridized carbons (Fsp3) is 0.0909. The smallest absolute Gasteiger partial charge is 0.298 e. The number of H-pyrrole nitrogens is 1. The number of halogens is 2. The number of nitrogens with two attached hydrogens (primary N) is 1. The Kier molecular flexibility index (Phi) is 3.95. The topological polar surface area (TPSA) is 90.2 Å². The van der Waals surface area contributed by atoms with Gasteiger partial charge in [-0.25, -0.2) is 4.98 Å². The molecule has 8 heteroatoms. The van der Waals surface area contributed by atoms with Gasteiger partial charge in [-0.05, 0) is 36.4 Å². The maximum absolute atomic E-state index is 15.0. The number of alkyl halides is 2. The van der Waals surface area contributed by atoms with Gasteiger partial charge in [0.2, 0.25) is 12.7 Å². The largest absolute Gasteiger partial charge is 0.454 e. The second-order valence-electron chi connectivity index (χ2n) is 6.90.